The van der Waals surface area contributed by atoms with Gasteiger partial charge < -0.3 is 20.1 Å². The zero-order chi connectivity index (χ0) is 15.8. The Balaban J connectivity index is 1.71. The highest BCUT2D eigenvalue weighted by Crippen LogP contribution is 2.18. The van der Waals surface area contributed by atoms with Crippen molar-refractivity contribution in [3.8, 4) is 5.75 Å². The second-order valence-corrected chi connectivity index (χ2v) is 5.25. The van der Waals surface area contributed by atoms with Gasteiger partial charge in [0, 0.05) is 32.2 Å². The molecule has 1 heterocycles. The summed E-state index contributed by atoms with van der Waals surface area (Å²) in [7, 11) is 0. The van der Waals surface area contributed by atoms with Gasteiger partial charge in [-0.3, -0.25) is 9.59 Å². The van der Waals surface area contributed by atoms with Crippen LogP contribution in [0, 0.1) is 0 Å². The Morgan fingerprint density at radius 1 is 1.32 bits per heavy atom. The molecule has 2 rings (SSSR count). The molecule has 120 valence electrons. The van der Waals surface area contributed by atoms with Gasteiger partial charge in [-0.15, -0.1) is 0 Å². The van der Waals surface area contributed by atoms with Crippen molar-refractivity contribution in [3.05, 3.63) is 24.3 Å². The zero-order valence-electron chi connectivity index (χ0n) is 12.8. The smallest absolute Gasteiger partial charge is 0.226 e. The zero-order valence-corrected chi connectivity index (χ0v) is 12.8. The van der Waals surface area contributed by atoms with Crippen molar-refractivity contribution in [1.29, 1.82) is 0 Å². The topological polar surface area (TPSA) is 76.7 Å². The van der Waals surface area contributed by atoms with Crippen LogP contribution in [0.1, 0.15) is 26.2 Å². The highest BCUT2D eigenvalue weighted by atomic mass is 16.5. The maximum Gasteiger partial charge on any atom is 0.226 e. The minimum atomic E-state index is -0.138. The molecule has 1 aliphatic heterocycles. The van der Waals surface area contributed by atoms with Gasteiger partial charge in [0.25, 0.3) is 0 Å². The average Bonchev–Trinajstić information content (AvgIpc) is 2.99. The summed E-state index contributed by atoms with van der Waals surface area (Å²) < 4.78 is 11.1. The van der Waals surface area contributed by atoms with Crippen LogP contribution in [0.2, 0.25) is 0 Å². The van der Waals surface area contributed by atoms with E-state index >= 15 is 0 Å². The first-order valence-corrected chi connectivity index (χ1v) is 7.52. The van der Waals surface area contributed by atoms with Crippen molar-refractivity contribution in [2.75, 3.05) is 25.1 Å². The molecule has 2 amide bonds. The SMILES string of the molecule is CC(=O)NCCC(=O)Nc1ccc(OCC2CCCO2)cc1. The largest absolute Gasteiger partial charge is 0.491 e. The Labute approximate surface area is 130 Å². The molecule has 0 spiro atoms. The van der Waals surface area contributed by atoms with Crippen LogP contribution in [-0.2, 0) is 14.3 Å². The van der Waals surface area contributed by atoms with Crippen LogP contribution in [-0.4, -0.2) is 37.7 Å². The second kappa shape index (κ2) is 8.38. The fraction of sp³-hybridized carbons (Fsp3) is 0.500. The fourth-order valence-corrected chi connectivity index (χ4v) is 2.17. The predicted molar refractivity (Wildman–Crippen MR) is 82.8 cm³/mol. The van der Waals surface area contributed by atoms with Crippen LogP contribution in [0.5, 0.6) is 5.75 Å². The summed E-state index contributed by atoms with van der Waals surface area (Å²) in [6, 6.07) is 7.22. The second-order valence-electron chi connectivity index (χ2n) is 5.25. The Kier molecular flexibility index (Phi) is 6.21. The average molecular weight is 306 g/mol. The lowest BCUT2D eigenvalue weighted by Crippen LogP contribution is -2.25. The molecule has 6 heteroatoms. The number of carbonyl (C=O) groups is 2. The van der Waals surface area contributed by atoms with Crippen molar-refractivity contribution < 1.29 is 19.1 Å². The molecular weight excluding hydrogens is 284 g/mol. The van der Waals surface area contributed by atoms with E-state index in [1.807, 2.05) is 12.1 Å². The number of benzene rings is 1. The number of anilines is 1. The van der Waals surface area contributed by atoms with Gasteiger partial charge in [0.15, 0.2) is 0 Å². The van der Waals surface area contributed by atoms with E-state index in [0.29, 0.717) is 18.8 Å². The molecule has 1 atom stereocenters. The first kappa shape index (κ1) is 16.3. The summed E-state index contributed by atoms with van der Waals surface area (Å²) in [4.78, 5) is 22.4. The molecule has 0 saturated carbocycles. The number of nitrogens with one attached hydrogen (secondary N) is 2. The number of rotatable bonds is 7. The van der Waals surface area contributed by atoms with Crippen LogP contribution in [0.25, 0.3) is 0 Å². The van der Waals surface area contributed by atoms with Crippen LogP contribution < -0.4 is 15.4 Å². The Morgan fingerprint density at radius 2 is 2.09 bits per heavy atom. The molecule has 1 aliphatic rings. The van der Waals surface area contributed by atoms with E-state index in [1.165, 1.54) is 6.92 Å². The predicted octanol–water partition coefficient (Wildman–Crippen LogP) is 1.71. The molecule has 1 fully saturated rings. The maximum absolute atomic E-state index is 11.7. The summed E-state index contributed by atoms with van der Waals surface area (Å²) in [5, 5.41) is 5.35. The van der Waals surface area contributed by atoms with Gasteiger partial charge >= 0.3 is 0 Å². The molecular formula is C16H22N2O4. The van der Waals surface area contributed by atoms with Crippen LogP contribution in [0.3, 0.4) is 0 Å². The monoisotopic (exact) mass is 306 g/mol. The standard InChI is InChI=1S/C16H22N2O4/c1-12(19)17-9-8-16(20)18-13-4-6-14(7-5-13)22-11-15-3-2-10-21-15/h4-7,15H,2-3,8-11H2,1H3,(H,17,19)(H,18,20). The van der Waals surface area contributed by atoms with Gasteiger partial charge in [0.05, 0.1) is 6.10 Å². The van der Waals surface area contributed by atoms with E-state index in [2.05, 4.69) is 10.6 Å². The van der Waals surface area contributed by atoms with Gasteiger partial charge in [-0.1, -0.05) is 0 Å². The molecule has 0 bridgehead atoms. The molecule has 0 aromatic heterocycles. The quantitative estimate of drug-likeness (QED) is 0.804. The molecule has 6 nitrogen and oxygen atoms in total. The van der Waals surface area contributed by atoms with Gasteiger partial charge in [-0.05, 0) is 37.1 Å². The van der Waals surface area contributed by atoms with Crippen LogP contribution in [0.4, 0.5) is 5.69 Å². The molecule has 1 saturated heterocycles. The fourth-order valence-electron chi connectivity index (χ4n) is 2.17. The van der Waals surface area contributed by atoms with Gasteiger partial charge in [0.1, 0.15) is 12.4 Å². The number of ether oxygens (including phenoxy) is 2. The number of hydrogen-bond acceptors (Lipinski definition) is 4. The summed E-state index contributed by atoms with van der Waals surface area (Å²) in [5.74, 6) is 0.481. The van der Waals surface area contributed by atoms with E-state index in [0.717, 1.165) is 25.2 Å². The van der Waals surface area contributed by atoms with Crippen LogP contribution >= 0.6 is 0 Å². The Morgan fingerprint density at radius 3 is 2.73 bits per heavy atom. The molecule has 22 heavy (non-hydrogen) atoms. The van der Waals surface area contributed by atoms with E-state index in [9.17, 15) is 9.59 Å². The van der Waals surface area contributed by atoms with Crippen molar-refractivity contribution >= 4 is 17.5 Å². The summed E-state index contributed by atoms with van der Waals surface area (Å²) in [5.41, 5.74) is 0.706. The summed E-state index contributed by atoms with van der Waals surface area (Å²) in [6.07, 6.45) is 2.57. The number of amides is 2. The van der Waals surface area contributed by atoms with Crippen molar-refractivity contribution in [2.45, 2.75) is 32.3 Å². The Hall–Kier alpha value is -2.08. The lowest BCUT2D eigenvalue weighted by Gasteiger charge is -2.12. The molecule has 1 unspecified atom stereocenters. The van der Waals surface area contributed by atoms with Crippen LogP contribution in [0.15, 0.2) is 24.3 Å². The van der Waals surface area contributed by atoms with E-state index < -0.39 is 0 Å². The minimum Gasteiger partial charge on any atom is -0.491 e. The third-order valence-electron chi connectivity index (χ3n) is 3.32. The molecule has 1 aromatic carbocycles. The lowest BCUT2D eigenvalue weighted by molar-refractivity contribution is -0.119. The van der Waals surface area contributed by atoms with Crippen molar-refractivity contribution in [3.63, 3.8) is 0 Å². The highest BCUT2D eigenvalue weighted by molar-refractivity contribution is 5.91. The van der Waals surface area contributed by atoms with E-state index in [4.69, 9.17) is 9.47 Å². The van der Waals surface area contributed by atoms with Crippen molar-refractivity contribution in [1.82, 2.24) is 5.32 Å². The highest BCUT2D eigenvalue weighted by Gasteiger charge is 2.15. The minimum absolute atomic E-state index is 0.137. The molecule has 0 aliphatic carbocycles. The van der Waals surface area contributed by atoms with E-state index in [1.54, 1.807) is 12.1 Å². The van der Waals surface area contributed by atoms with Gasteiger partial charge in [0.2, 0.25) is 11.8 Å². The van der Waals surface area contributed by atoms with Gasteiger partial charge in [-0.2, -0.15) is 0 Å². The molecule has 0 radical (unpaired) electrons. The number of carbonyl (C=O) groups excluding carboxylic acids is 2. The third-order valence-corrected chi connectivity index (χ3v) is 3.32. The van der Waals surface area contributed by atoms with Crippen molar-refractivity contribution in [2.24, 2.45) is 0 Å². The summed E-state index contributed by atoms with van der Waals surface area (Å²) >= 11 is 0. The first-order chi connectivity index (χ1) is 10.6. The van der Waals surface area contributed by atoms with Gasteiger partial charge in [-0.25, -0.2) is 0 Å². The Bertz CT molecular complexity index is 495. The molecule has 1 aromatic rings. The third kappa shape index (κ3) is 5.73. The first-order valence-electron chi connectivity index (χ1n) is 7.52. The lowest BCUT2D eigenvalue weighted by atomic mass is 10.2. The summed E-state index contributed by atoms with van der Waals surface area (Å²) in [6.45, 7) is 3.14. The normalized spacial score (nSPS) is 17.0. The maximum atomic E-state index is 11.7. The van der Waals surface area contributed by atoms with E-state index in [-0.39, 0.29) is 24.3 Å². The molecule has 2 N–H and O–H groups in total. The number of hydrogen-bond donors (Lipinski definition) is 2.